The molecule has 34 heavy (non-hydrogen) atoms. The van der Waals surface area contributed by atoms with Crippen LogP contribution in [-0.2, 0) is 0 Å². The minimum absolute atomic E-state index is 0.0364. The molecule has 0 aliphatic carbocycles. The summed E-state index contributed by atoms with van der Waals surface area (Å²) in [5, 5.41) is 26.5. The number of aryl methyl sites for hydroxylation is 1. The van der Waals surface area contributed by atoms with Gasteiger partial charge in [-0.25, -0.2) is 4.98 Å². The Labute approximate surface area is 199 Å². The Morgan fingerprint density at radius 1 is 1.09 bits per heavy atom. The van der Waals surface area contributed by atoms with E-state index in [1.54, 1.807) is 26.2 Å². The van der Waals surface area contributed by atoms with Gasteiger partial charge in [-0.05, 0) is 36.8 Å². The second kappa shape index (κ2) is 8.92. The fraction of sp³-hybridized carbons (Fsp3) is 0.304. The van der Waals surface area contributed by atoms with E-state index in [9.17, 15) is 15.2 Å². The fourth-order valence-electron chi connectivity index (χ4n) is 4.36. The van der Waals surface area contributed by atoms with Gasteiger partial charge in [0, 0.05) is 44.0 Å². The lowest BCUT2D eigenvalue weighted by molar-refractivity contribution is -0.384. The van der Waals surface area contributed by atoms with Crippen molar-refractivity contribution >= 4 is 27.7 Å². The molecule has 10 nitrogen and oxygen atoms in total. The van der Waals surface area contributed by atoms with Gasteiger partial charge in [0.25, 0.3) is 5.69 Å². The molecule has 0 spiro atoms. The minimum Gasteiger partial charge on any atom is -0.497 e. The molecular weight excluding hydrogens is 456 g/mol. The Bertz CT molecular complexity index is 1310. The molecule has 0 amide bonds. The van der Waals surface area contributed by atoms with Crippen LogP contribution < -0.4 is 9.64 Å². The molecule has 176 valence electrons. The summed E-state index contributed by atoms with van der Waals surface area (Å²) in [7, 11) is 1.65. The molecule has 2 aromatic heterocycles. The number of non-ortho nitro benzene ring substituents is 1. The highest BCUT2D eigenvalue weighted by Gasteiger charge is 2.32. The summed E-state index contributed by atoms with van der Waals surface area (Å²) in [5.74, 6) is 1.47. The average Bonchev–Trinajstić information content (AvgIpc) is 3.37. The van der Waals surface area contributed by atoms with Crippen molar-refractivity contribution < 1.29 is 14.8 Å². The number of piperazine rings is 1. The van der Waals surface area contributed by atoms with Gasteiger partial charge in [-0.3, -0.25) is 15.0 Å². The van der Waals surface area contributed by atoms with Gasteiger partial charge in [-0.2, -0.15) is 4.52 Å². The van der Waals surface area contributed by atoms with Gasteiger partial charge in [0.05, 0.1) is 23.0 Å². The highest BCUT2D eigenvalue weighted by Crippen LogP contribution is 2.40. The Morgan fingerprint density at radius 2 is 1.76 bits per heavy atom. The smallest absolute Gasteiger partial charge is 0.269 e. The summed E-state index contributed by atoms with van der Waals surface area (Å²) in [6.07, 6.45) is 0. The maximum atomic E-state index is 11.2. The quantitative estimate of drug-likeness (QED) is 0.329. The van der Waals surface area contributed by atoms with Crippen molar-refractivity contribution in [3.63, 3.8) is 0 Å². The summed E-state index contributed by atoms with van der Waals surface area (Å²) < 4.78 is 6.72. The SMILES string of the molecule is COc1ccc(N2CCN([C@H](c3ccc([N+](=O)[O-])cc3)c3sc4nc(C)nn4c3O)CC2)cc1. The summed E-state index contributed by atoms with van der Waals surface area (Å²) in [5.41, 5.74) is 2.04. The number of hydrogen-bond acceptors (Lipinski definition) is 9. The van der Waals surface area contributed by atoms with Crippen molar-refractivity contribution in [2.24, 2.45) is 0 Å². The third kappa shape index (κ3) is 4.03. The molecule has 0 saturated carbocycles. The second-order valence-electron chi connectivity index (χ2n) is 8.12. The number of rotatable bonds is 6. The van der Waals surface area contributed by atoms with Crippen molar-refractivity contribution in [1.82, 2.24) is 19.5 Å². The molecule has 1 atom stereocenters. The van der Waals surface area contributed by atoms with E-state index >= 15 is 0 Å². The molecule has 1 saturated heterocycles. The number of aromatic hydroxyl groups is 1. The van der Waals surface area contributed by atoms with Crippen LogP contribution in [0.3, 0.4) is 0 Å². The Morgan fingerprint density at radius 3 is 2.35 bits per heavy atom. The maximum Gasteiger partial charge on any atom is 0.269 e. The molecule has 5 rings (SSSR count). The van der Waals surface area contributed by atoms with Gasteiger partial charge < -0.3 is 14.7 Å². The third-order valence-corrected chi connectivity index (χ3v) is 7.16. The lowest BCUT2D eigenvalue weighted by atomic mass is 10.0. The molecule has 1 N–H and O–H groups in total. The summed E-state index contributed by atoms with van der Waals surface area (Å²) in [6, 6.07) is 14.3. The van der Waals surface area contributed by atoms with E-state index < -0.39 is 4.92 Å². The summed E-state index contributed by atoms with van der Waals surface area (Å²) >= 11 is 1.39. The van der Waals surface area contributed by atoms with Gasteiger partial charge >= 0.3 is 0 Å². The number of nitrogens with zero attached hydrogens (tertiary/aromatic N) is 6. The van der Waals surface area contributed by atoms with Crippen LogP contribution in [0.1, 0.15) is 22.3 Å². The number of thiazole rings is 1. The third-order valence-electron chi connectivity index (χ3n) is 6.09. The van der Waals surface area contributed by atoms with Crippen LogP contribution in [-0.4, -0.2) is 62.8 Å². The summed E-state index contributed by atoms with van der Waals surface area (Å²) in [6.45, 7) is 4.89. The van der Waals surface area contributed by atoms with Crippen molar-refractivity contribution in [3.8, 4) is 11.6 Å². The van der Waals surface area contributed by atoms with Crippen LogP contribution >= 0.6 is 11.3 Å². The zero-order valence-electron chi connectivity index (χ0n) is 18.8. The standard InChI is InChI=1S/C23H24N6O4S/c1-15-24-23-28(25-15)22(30)21(34-23)20(16-3-5-18(6-4-16)29(31)32)27-13-11-26(12-14-27)17-7-9-19(33-2)10-8-17/h3-10,20,30H,11-14H2,1-2H3/t20-/m1/s1. The van der Waals surface area contributed by atoms with Gasteiger partial charge in [0.2, 0.25) is 10.8 Å². The zero-order valence-corrected chi connectivity index (χ0v) is 19.6. The van der Waals surface area contributed by atoms with Crippen molar-refractivity contribution in [2.75, 3.05) is 38.2 Å². The Kier molecular flexibility index (Phi) is 5.80. The highest BCUT2D eigenvalue weighted by atomic mass is 32.1. The molecule has 11 heteroatoms. The van der Waals surface area contributed by atoms with Crippen LogP contribution in [0.2, 0.25) is 0 Å². The number of anilines is 1. The molecular formula is C23H24N6O4S. The molecule has 0 bridgehead atoms. The first-order chi connectivity index (χ1) is 16.4. The first-order valence-electron chi connectivity index (χ1n) is 10.9. The highest BCUT2D eigenvalue weighted by molar-refractivity contribution is 7.17. The predicted octanol–water partition coefficient (Wildman–Crippen LogP) is 3.63. The van der Waals surface area contributed by atoms with Crippen LogP contribution in [0, 0.1) is 17.0 Å². The molecule has 1 aliphatic rings. The topological polar surface area (TPSA) is 109 Å². The largest absolute Gasteiger partial charge is 0.497 e. The van der Waals surface area contributed by atoms with Crippen LogP contribution in [0.15, 0.2) is 48.5 Å². The van der Waals surface area contributed by atoms with E-state index in [1.165, 1.54) is 28.0 Å². The predicted molar refractivity (Wildman–Crippen MR) is 129 cm³/mol. The van der Waals surface area contributed by atoms with Crippen LogP contribution in [0.5, 0.6) is 11.6 Å². The molecule has 1 fully saturated rings. The van der Waals surface area contributed by atoms with Gasteiger partial charge in [0.15, 0.2) is 0 Å². The summed E-state index contributed by atoms with van der Waals surface area (Å²) in [4.78, 5) is 21.1. The van der Waals surface area contributed by atoms with E-state index in [-0.39, 0.29) is 17.6 Å². The van der Waals surface area contributed by atoms with E-state index in [2.05, 4.69) is 32.0 Å². The second-order valence-corrected chi connectivity index (χ2v) is 9.12. The number of ether oxygens (including phenoxy) is 1. The van der Waals surface area contributed by atoms with E-state index in [0.29, 0.717) is 10.8 Å². The van der Waals surface area contributed by atoms with E-state index in [1.807, 2.05) is 12.1 Å². The van der Waals surface area contributed by atoms with Crippen molar-refractivity contribution in [3.05, 3.63) is 74.9 Å². The molecule has 2 aromatic carbocycles. The van der Waals surface area contributed by atoms with Crippen molar-refractivity contribution in [1.29, 1.82) is 0 Å². The van der Waals surface area contributed by atoms with Gasteiger partial charge in [0.1, 0.15) is 11.6 Å². The molecule has 3 heterocycles. The normalized spacial score (nSPS) is 15.5. The fourth-order valence-corrected chi connectivity index (χ4v) is 5.53. The molecule has 0 unspecified atom stereocenters. The number of aromatic nitrogens is 3. The zero-order chi connectivity index (χ0) is 23.8. The number of methoxy groups -OCH3 is 1. The van der Waals surface area contributed by atoms with E-state index in [0.717, 1.165) is 48.1 Å². The molecule has 4 aromatic rings. The first kappa shape index (κ1) is 22.1. The lowest BCUT2D eigenvalue weighted by Crippen LogP contribution is -2.47. The first-order valence-corrected chi connectivity index (χ1v) is 11.7. The Balaban J connectivity index is 1.45. The monoisotopic (exact) mass is 480 g/mol. The molecule has 0 radical (unpaired) electrons. The Hall–Kier alpha value is -3.70. The number of nitro groups is 1. The lowest BCUT2D eigenvalue weighted by Gasteiger charge is -2.40. The van der Waals surface area contributed by atoms with Crippen LogP contribution in [0.25, 0.3) is 4.96 Å². The number of fused-ring (bicyclic) bond motifs is 1. The van der Waals surface area contributed by atoms with Gasteiger partial charge in [-0.15, -0.1) is 5.10 Å². The minimum atomic E-state index is -0.407. The molecule has 1 aliphatic heterocycles. The van der Waals surface area contributed by atoms with Gasteiger partial charge in [-0.1, -0.05) is 23.5 Å². The van der Waals surface area contributed by atoms with E-state index in [4.69, 9.17) is 4.74 Å². The number of nitro benzene ring substituents is 1. The maximum absolute atomic E-state index is 11.2. The average molecular weight is 481 g/mol. The number of hydrogen-bond donors (Lipinski definition) is 1. The van der Waals surface area contributed by atoms with Crippen LogP contribution in [0.4, 0.5) is 11.4 Å². The van der Waals surface area contributed by atoms with Crippen molar-refractivity contribution in [2.45, 2.75) is 13.0 Å². The number of benzene rings is 2.